The van der Waals surface area contributed by atoms with E-state index in [0.29, 0.717) is 91.1 Å². The van der Waals surface area contributed by atoms with Gasteiger partial charge in [-0.1, -0.05) is 23.7 Å². The lowest BCUT2D eigenvalue weighted by atomic mass is 9.95. The van der Waals surface area contributed by atoms with Gasteiger partial charge in [0.15, 0.2) is 11.5 Å². The van der Waals surface area contributed by atoms with Gasteiger partial charge in [0.2, 0.25) is 34.7 Å². The molecule has 0 saturated heterocycles. The Morgan fingerprint density at radius 3 is 2.55 bits per heavy atom. The van der Waals surface area contributed by atoms with Crippen LogP contribution in [0, 0.1) is 0 Å². The predicted molar refractivity (Wildman–Crippen MR) is 184 cm³/mol. The van der Waals surface area contributed by atoms with E-state index in [-0.39, 0.29) is 23.3 Å². The Bertz CT molecular complexity index is 1830. The topological polar surface area (TPSA) is 167 Å². The van der Waals surface area contributed by atoms with Crippen molar-refractivity contribution in [1.29, 1.82) is 0 Å². The van der Waals surface area contributed by atoms with Crippen molar-refractivity contribution < 1.29 is 28.3 Å². The molecule has 5 rings (SSSR count). The number of ether oxygens (including phenoxy) is 3. The van der Waals surface area contributed by atoms with Crippen LogP contribution in [0.1, 0.15) is 62.1 Å². The van der Waals surface area contributed by atoms with Gasteiger partial charge in [-0.05, 0) is 72.7 Å². The Kier molecular flexibility index (Phi) is 11.8. The zero-order valence-corrected chi connectivity index (χ0v) is 28.3. The lowest BCUT2D eigenvalue weighted by Gasteiger charge is -2.19. The normalized spacial score (nSPS) is 13.3. The minimum absolute atomic E-state index is 0.0467. The third-order valence-electron chi connectivity index (χ3n) is 8.34. The van der Waals surface area contributed by atoms with Crippen molar-refractivity contribution in [2.75, 3.05) is 39.7 Å². The number of fused-ring (bicyclic) bond motifs is 3. The first-order valence-electron chi connectivity index (χ1n) is 16.3. The molecule has 3 N–H and O–H groups in total. The van der Waals surface area contributed by atoms with Gasteiger partial charge in [0.25, 0.3) is 0 Å². The maximum atomic E-state index is 13.5. The SMILES string of the molecule is COc1cc2c(c(OC)c1OC)-c1ccc(NCCCCCC(=O)NCCc3nc(-c4ccccn4)no3)c(=O)cc1C(NC(C)=O)CC2. The largest absolute Gasteiger partial charge is 0.493 e. The van der Waals surface area contributed by atoms with Gasteiger partial charge in [0, 0.05) is 44.6 Å². The highest BCUT2D eigenvalue weighted by Crippen LogP contribution is 2.50. The Balaban J connectivity index is 1.17. The van der Waals surface area contributed by atoms with Crippen LogP contribution >= 0.6 is 0 Å². The molecule has 2 aromatic carbocycles. The Labute approximate surface area is 284 Å². The minimum atomic E-state index is -0.378. The third kappa shape index (κ3) is 8.53. The molecule has 258 valence electrons. The molecule has 13 nitrogen and oxygen atoms in total. The number of nitrogens with one attached hydrogen (secondary N) is 3. The smallest absolute Gasteiger partial charge is 0.228 e. The summed E-state index contributed by atoms with van der Waals surface area (Å²) in [7, 11) is 4.70. The summed E-state index contributed by atoms with van der Waals surface area (Å²) >= 11 is 0. The Hall–Kier alpha value is -5.46. The Morgan fingerprint density at radius 1 is 0.980 bits per heavy atom. The summed E-state index contributed by atoms with van der Waals surface area (Å²) in [6.07, 6.45) is 5.97. The van der Waals surface area contributed by atoms with E-state index in [1.807, 2.05) is 24.3 Å². The van der Waals surface area contributed by atoms with E-state index in [1.165, 1.54) is 6.92 Å². The first kappa shape index (κ1) is 34.9. The molecule has 0 fully saturated rings. The molecule has 0 bridgehead atoms. The maximum Gasteiger partial charge on any atom is 0.228 e. The molecule has 13 heteroatoms. The zero-order chi connectivity index (χ0) is 34.8. The molecule has 1 atom stereocenters. The maximum absolute atomic E-state index is 13.5. The molecule has 0 spiro atoms. The van der Waals surface area contributed by atoms with Crippen molar-refractivity contribution >= 4 is 17.5 Å². The zero-order valence-electron chi connectivity index (χ0n) is 28.3. The summed E-state index contributed by atoms with van der Waals surface area (Å²) in [5.74, 6) is 2.12. The van der Waals surface area contributed by atoms with E-state index in [4.69, 9.17) is 18.7 Å². The van der Waals surface area contributed by atoms with E-state index < -0.39 is 0 Å². The van der Waals surface area contributed by atoms with E-state index in [9.17, 15) is 14.4 Å². The number of rotatable bonds is 15. The van der Waals surface area contributed by atoms with Crippen molar-refractivity contribution in [3.63, 3.8) is 0 Å². The van der Waals surface area contributed by atoms with E-state index in [1.54, 1.807) is 45.7 Å². The van der Waals surface area contributed by atoms with Crippen LogP contribution in [0.15, 0.2) is 58.0 Å². The van der Waals surface area contributed by atoms with E-state index in [2.05, 4.69) is 31.1 Å². The average Bonchev–Trinajstić information content (AvgIpc) is 3.46. The van der Waals surface area contributed by atoms with Crippen LogP contribution in [0.5, 0.6) is 17.2 Å². The standard InChI is InChI=1S/C36H42N6O7/c1-22(43)40-26-14-12-23-20-30(46-2)34(47-3)35(48-4)33(23)24-13-15-27(29(44)21-25(24)26)37-17-8-5-6-11-31(45)39-19-16-32-41-36(42-49-32)28-10-7-9-18-38-28/h7,9-10,13,15,18,20-21,26H,5-6,8,11-12,14,16-17,19H2,1-4H3,(H,37,44)(H,39,45)(H,40,43). The fourth-order valence-corrected chi connectivity index (χ4v) is 6.02. The molecule has 0 radical (unpaired) electrons. The summed E-state index contributed by atoms with van der Waals surface area (Å²) in [6.45, 7) is 2.42. The highest BCUT2D eigenvalue weighted by Gasteiger charge is 2.29. The second kappa shape index (κ2) is 16.6. The molecule has 1 unspecified atom stereocenters. The average molecular weight is 671 g/mol. The number of amides is 2. The number of aryl methyl sites for hydroxylation is 1. The number of nitrogens with zero attached hydrogens (tertiary/aromatic N) is 3. The number of unbranched alkanes of at least 4 members (excludes halogenated alkanes) is 2. The van der Waals surface area contributed by atoms with Crippen molar-refractivity contribution in [1.82, 2.24) is 25.8 Å². The van der Waals surface area contributed by atoms with Crippen LogP contribution < -0.4 is 35.6 Å². The second-order valence-electron chi connectivity index (χ2n) is 11.7. The molecule has 1 aliphatic carbocycles. The number of carbonyl (C=O) groups is 2. The highest BCUT2D eigenvalue weighted by atomic mass is 16.5. The van der Waals surface area contributed by atoms with Crippen LogP contribution in [0.25, 0.3) is 22.6 Å². The number of carbonyl (C=O) groups excluding carboxylic acids is 2. The number of benzene rings is 1. The summed E-state index contributed by atoms with van der Waals surface area (Å²) in [6, 6.07) is 12.3. The van der Waals surface area contributed by atoms with Crippen LogP contribution in [-0.2, 0) is 22.4 Å². The molecule has 2 amide bonds. The summed E-state index contributed by atoms with van der Waals surface area (Å²) in [5, 5.41) is 13.1. The molecule has 0 aliphatic heterocycles. The van der Waals surface area contributed by atoms with Gasteiger partial charge in [-0.25, -0.2) is 0 Å². The number of hydrogen-bond acceptors (Lipinski definition) is 11. The van der Waals surface area contributed by atoms with Gasteiger partial charge in [-0.3, -0.25) is 19.4 Å². The quantitative estimate of drug-likeness (QED) is 0.151. The lowest BCUT2D eigenvalue weighted by molar-refractivity contribution is -0.121. The number of anilines is 1. The molecule has 2 aromatic heterocycles. The van der Waals surface area contributed by atoms with Crippen LogP contribution in [0.2, 0.25) is 0 Å². The summed E-state index contributed by atoms with van der Waals surface area (Å²) in [4.78, 5) is 46.6. The summed E-state index contributed by atoms with van der Waals surface area (Å²) < 4.78 is 22.4. The predicted octanol–water partition coefficient (Wildman–Crippen LogP) is 4.64. The fourth-order valence-electron chi connectivity index (χ4n) is 6.02. The first-order chi connectivity index (χ1) is 23.8. The lowest BCUT2D eigenvalue weighted by Crippen LogP contribution is -2.26. The van der Waals surface area contributed by atoms with E-state index >= 15 is 0 Å². The van der Waals surface area contributed by atoms with Crippen LogP contribution in [-0.4, -0.2) is 61.4 Å². The third-order valence-corrected chi connectivity index (χ3v) is 8.34. The van der Waals surface area contributed by atoms with Gasteiger partial charge in [-0.15, -0.1) is 0 Å². The molecule has 2 heterocycles. The highest BCUT2D eigenvalue weighted by molar-refractivity contribution is 5.83. The Morgan fingerprint density at radius 2 is 1.82 bits per heavy atom. The van der Waals surface area contributed by atoms with Crippen molar-refractivity contribution in [2.24, 2.45) is 0 Å². The first-order valence-corrected chi connectivity index (χ1v) is 16.3. The molecule has 49 heavy (non-hydrogen) atoms. The molecule has 4 aromatic rings. The van der Waals surface area contributed by atoms with Gasteiger partial charge >= 0.3 is 0 Å². The number of aromatic nitrogens is 3. The van der Waals surface area contributed by atoms with Gasteiger partial charge in [-0.2, -0.15) is 4.98 Å². The number of hydrogen-bond donors (Lipinski definition) is 3. The molecular weight excluding hydrogens is 628 g/mol. The van der Waals surface area contributed by atoms with Crippen molar-refractivity contribution in [3.05, 3.63) is 75.9 Å². The molecular formula is C36H42N6O7. The monoisotopic (exact) mass is 670 g/mol. The van der Waals surface area contributed by atoms with Crippen LogP contribution in [0.3, 0.4) is 0 Å². The summed E-state index contributed by atoms with van der Waals surface area (Å²) in [5.41, 5.74) is 4.12. The number of pyridine rings is 1. The van der Waals surface area contributed by atoms with Crippen LogP contribution in [0.4, 0.5) is 5.69 Å². The second-order valence-corrected chi connectivity index (χ2v) is 11.7. The fraction of sp³-hybridized carbons (Fsp3) is 0.389. The van der Waals surface area contributed by atoms with Crippen molar-refractivity contribution in [2.45, 2.75) is 57.9 Å². The number of methoxy groups -OCH3 is 3. The van der Waals surface area contributed by atoms with Crippen molar-refractivity contribution in [3.8, 4) is 39.9 Å². The molecule has 0 saturated carbocycles. The molecule has 1 aliphatic rings. The van der Waals surface area contributed by atoms with Gasteiger partial charge < -0.3 is 34.7 Å². The van der Waals surface area contributed by atoms with Gasteiger partial charge in [0.1, 0.15) is 5.69 Å². The minimum Gasteiger partial charge on any atom is -0.493 e. The van der Waals surface area contributed by atoms with E-state index in [0.717, 1.165) is 29.5 Å². The van der Waals surface area contributed by atoms with Gasteiger partial charge in [0.05, 0.1) is 33.1 Å².